The maximum Gasteiger partial charge on any atom is 0.254 e. The number of amides is 1. The van der Waals surface area contributed by atoms with E-state index in [1.54, 1.807) is 23.0 Å². The van der Waals surface area contributed by atoms with Crippen LogP contribution in [0.4, 0.5) is 4.39 Å². The van der Waals surface area contributed by atoms with Crippen molar-refractivity contribution in [2.75, 3.05) is 19.6 Å². The molecule has 1 aliphatic heterocycles. The Labute approximate surface area is 147 Å². The molecule has 1 fully saturated rings. The van der Waals surface area contributed by atoms with Crippen molar-refractivity contribution in [3.63, 3.8) is 0 Å². The van der Waals surface area contributed by atoms with Crippen LogP contribution < -0.4 is 10.6 Å². The Morgan fingerprint density at radius 3 is 2.80 bits per heavy atom. The first-order valence-electron chi connectivity index (χ1n) is 8.89. The van der Waals surface area contributed by atoms with Crippen LogP contribution in [0.15, 0.2) is 30.5 Å². The standard InChI is InChI=1S/C19H25FN4O/c1-13(2)18-17(19(25)22-11-14-4-3-9-21-10-14)12-23-24(18)16-7-5-15(20)6-8-16/h5-8,12-14,21H,3-4,9-11H2,1-2H3,(H,22,25). The van der Waals surface area contributed by atoms with Gasteiger partial charge in [0.1, 0.15) is 5.82 Å². The van der Waals surface area contributed by atoms with E-state index >= 15 is 0 Å². The van der Waals surface area contributed by atoms with Crippen LogP contribution in [-0.2, 0) is 0 Å². The fourth-order valence-corrected chi connectivity index (χ4v) is 3.31. The van der Waals surface area contributed by atoms with Gasteiger partial charge >= 0.3 is 0 Å². The molecule has 1 aliphatic rings. The van der Waals surface area contributed by atoms with Crippen molar-refractivity contribution in [2.24, 2.45) is 5.92 Å². The zero-order chi connectivity index (χ0) is 17.8. The van der Waals surface area contributed by atoms with Gasteiger partial charge in [0.25, 0.3) is 5.91 Å². The molecule has 1 amide bonds. The quantitative estimate of drug-likeness (QED) is 0.877. The van der Waals surface area contributed by atoms with E-state index in [1.165, 1.54) is 12.1 Å². The highest BCUT2D eigenvalue weighted by Crippen LogP contribution is 2.23. The third-order valence-corrected chi connectivity index (χ3v) is 4.62. The summed E-state index contributed by atoms with van der Waals surface area (Å²) in [4.78, 5) is 12.7. The average Bonchev–Trinajstić information content (AvgIpc) is 3.06. The first kappa shape index (κ1) is 17.6. The van der Waals surface area contributed by atoms with E-state index in [4.69, 9.17) is 0 Å². The minimum atomic E-state index is -0.291. The number of nitrogens with zero attached hydrogens (tertiary/aromatic N) is 2. The molecule has 1 atom stereocenters. The predicted octanol–water partition coefficient (Wildman–Crippen LogP) is 2.86. The number of aromatic nitrogens is 2. The molecule has 2 N–H and O–H groups in total. The third-order valence-electron chi connectivity index (χ3n) is 4.62. The highest BCUT2D eigenvalue weighted by Gasteiger charge is 2.22. The van der Waals surface area contributed by atoms with Gasteiger partial charge in [-0.1, -0.05) is 13.8 Å². The number of nitrogens with one attached hydrogen (secondary N) is 2. The number of carbonyl (C=O) groups excluding carboxylic acids is 1. The van der Waals surface area contributed by atoms with E-state index in [-0.39, 0.29) is 17.6 Å². The lowest BCUT2D eigenvalue weighted by Crippen LogP contribution is -2.38. The summed E-state index contributed by atoms with van der Waals surface area (Å²) in [6, 6.07) is 6.14. The fourth-order valence-electron chi connectivity index (χ4n) is 3.31. The smallest absolute Gasteiger partial charge is 0.254 e. The Kier molecular flexibility index (Phi) is 5.48. The van der Waals surface area contributed by atoms with Gasteiger partial charge in [-0.05, 0) is 62.0 Å². The lowest BCUT2D eigenvalue weighted by atomic mass is 9.99. The van der Waals surface area contributed by atoms with E-state index in [0.717, 1.165) is 37.3 Å². The molecule has 2 aromatic rings. The van der Waals surface area contributed by atoms with Crippen molar-refractivity contribution in [3.05, 3.63) is 47.5 Å². The Morgan fingerprint density at radius 2 is 2.16 bits per heavy atom. The van der Waals surface area contributed by atoms with Crippen LogP contribution in [0.1, 0.15) is 48.7 Å². The molecule has 134 valence electrons. The van der Waals surface area contributed by atoms with Gasteiger partial charge in [0, 0.05) is 6.54 Å². The summed E-state index contributed by atoms with van der Waals surface area (Å²) in [7, 11) is 0. The Bertz CT molecular complexity index is 718. The zero-order valence-corrected chi connectivity index (χ0v) is 14.8. The Hall–Kier alpha value is -2.21. The normalized spacial score (nSPS) is 17.7. The molecule has 2 heterocycles. The molecule has 0 bridgehead atoms. The van der Waals surface area contributed by atoms with Gasteiger partial charge in [-0.25, -0.2) is 9.07 Å². The van der Waals surface area contributed by atoms with Gasteiger partial charge in [-0.2, -0.15) is 5.10 Å². The maximum atomic E-state index is 13.2. The van der Waals surface area contributed by atoms with Gasteiger partial charge in [-0.3, -0.25) is 4.79 Å². The first-order valence-corrected chi connectivity index (χ1v) is 8.89. The van der Waals surface area contributed by atoms with Crippen LogP contribution in [0.3, 0.4) is 0 Å². The van der Waals surface area contributed by atoms with Crippen molar-refractivity contribution in [1.82, 2.24) is 20.4 Å². The molecule has 0 aliphatic carbocycles. The predicted molar refractivity (Wildman–Crippen MR) is 95.5 cm³/mol. The molecule has 1 unspecified atom stereocenters. The second-order valence-electron chi connectivity index (χ2n) is 6.91. The largest absolute Gasteiger partial charge is 0.352 e. The van der Waals surface area contributed by atoms with Crippen LogP contribution in [0, 0.1) is 11.7 Å². The van der Waals surface area contributed by atoms with Crippen LogP contribution in [0.5, 0.6) is 0 Å². The highest BCUT2D eigenvalue weighted by molar-refractivity contribution is 5.95. The maximum absolute atomic E-state index is 13.2. The molecule has 0 spiro atoms. The Balaban J connectivity index is 1.78. The van der Waals surface area contributed by atoms with Crippen molar-refractivity contribution >= 4 is 5.91 Å². The molecule has 5 nitrogen and oxygen atoms in total. The van der Waals surface area contributed by atoms with Crippen molar-refractivity contribution in [3.8, 4) is 5.69 Å². The number of piperidine rings is 1. The summed E-state index contributed by atoms with van der Waals surface area (Å²) in [6.45, 7) is 6.74. The molecule has 25 heavy (non-hydrogen) atoms. The molecule has 1 aromatic carbocycles. The van der Waals surface area contributed by atoms with Gasteiger partial charge < -0.3 is 10.6 Å². The van der Waals surface area contributed by atoms with Crippen LogP contribution in [0.25, 0.3) is 5.69 Å². The number of rotatable bonds is 5. The van der Waals surface area contributed by atoms with Crippen LogP contribution in [0.2, 0.25) is 0 Å². The first-order chi connectivity index (χ1) is 12.1. The van der Waals surface area contributed by atoms with Gasteiger partial charge in [0.05, 0.1) is 23.1 Å². The van der Waals surface area contributed by atoms with Crippen LogP contribution in [-0.4, -0.2) is 35.3 Å². The van der Waals surface area contributed by atoms with Crippen molar-refractivity contribution in [2.45, 2.75) is 32.6 Å². The number of hydrogen-bond donors (Lipinski definition) is 2. The molecule has 6 heteroatoms. The van der Waals surface area contributed by atoms with Gasteiger partial charge in [-0.15, -0.1) is 0 Å². The van der Waals surface area contributed by atoms with E-state index in [9.17, 15) is 9.18 Å². The number of benzene rings is 1. The van der Waals surface area contributed by atoms with Gasteiger partial charge in [0.2, 0.25) is 0 Å². The summed E-state index contributed by atoms with van der Waals surface area (Å²) < 4.78 is 14.9. The molecule has 0 radical (unpaired) electrons. The zero-order valence-electron chi connectivity index (χ0n) is 14.8. The van der Waals surface area contributed by atoms with Crippen molar-refractivity contribution < 1.29 is 9.18 Å². The Morgan fingerprint density at radius 1 is 1.40 bits per heavy atom. The number of halogens is 1. The monoisotopic (exact) mass is 344 g/mol. The van der Waals surface area contributed by atoms with E-state index in [0.29, 0.717) is 18.0 Å². The molecule has 1 aromatic heterocycles. The van der Waals surface area contributed by atoms with E-state index < -0.39 is 0 Å². The minimum Gasteiger partial charge on any atom is -0.352 e. The fraction of sp³-hybridized carbons (Fsp3) is 0.474. The SMILES string of the molecule is CC(C)c1c(C(=O)NCC2CCCNC2)cnn1-c1ccc(F)cc1. The molecular formula is C19H25FN4O. The summed E-state index contributed by atoms with van der Waals surface area (Å²) in [5.74, 6) is 0.209. The topological polar surface area (TPSA) is 59.0 Å². The third kappa shape index (κ3) is 4.07. The number of carbonyl (C=O) groups is 1. The van der Waals surface area contributed by atoms with E-state index in [1.807, 2.05) is 13.8 Å². The van der Waals surface area contributed by atoms with E-state index in [2.05, 4.69) is 15.7 Å². The second-order valence-corrected chi connectivity index (χ2v) is 6.91. The minimum absolute atomic E-state index is 0.0948. The lowest BCUT2D eigenvalue weighted by molar-refractivity contribution is 0.0943. The highest BCUT2D eigenvalue weighted by atomic mass is 19.1. The summed E-state index contributed by atoms with van der Waals surface area (Å²) >= 11 is 0. The summed E-state index contributed by atoms with van der Waals surface area (Å²) in [5.41, 5.74) is 2.18. The molecule has 0 saturated carbocycles. The lowest BCUT2D eigenvalue weighted by Gasteiger charge is -2.23. The summed E-state index contributed by atoms with van der Waals surface area (Å²) in [6.07, 6.45) is 3.90. The van der Waals surface area contributed by atoms with Crippen LogP contribution >= 0.6 is 0 Å². The molecule has 1 saturated heterocycles. The average molecular weight is 344 g/mol. The van der Waals surface area contributed by atoms with Crippen molar-refractivity contribution in [1.29, 1.82) is 0 Å². The number of hydrogen-bond acceptors (Lipinski definition) is 3. The van der Waals surface area contributed by atoms with Gasteiger partial charge in [0.15, 0.2) is 0 Å². The molecule has 3 rings (SSSR count). The second kappa shape index (κ2) is 7.78. The molecular weight excluding hydrogens is 319 g/mol. The summed E-state index contributed by atoms with van der Waals surface area (Å²) in [5, 5.41) is 10.8.